The summed E-state index contributed by atoms with van der Waals surface area (Å²) in [4.78, 5) is 12.2. The molecule has 2 rings (SSSR count). The van der Waals surface area contributed by atoms with Crippen molar-refractivity contribution in [2.24, 2.45) is 5.41 Å². The lowest BCUT2D eigenvalue weighted by atomic mass is 9.64. The Hall–Kier alpha value is -1.55. The van der Waals surface area contributed by atoms with Crippen LogP contribution in [0.3, 0.4) is 0 Å². The molecular weight excluding hydrogens is 240 g/mol. The van der Waals surface area contributed by atoms with E-state index in [4.69, 9.17) is 5.73 Å². The summed E-state index contributed by atoms with van der Waals surface area (Å²) in [7, 11) is 0. The van der Waals surface area contributed by atoms with Crippen molar-refractivity contribution in [2.75, 3.05) is 5.73 Å². The maximum Gasteiger partial charge on any atom is 0.227 e. The average Bonchev–Trinajstić information content (AvgIpc) is 2.37. The first-order chi connectivity index (χ1) is 8.82. The highest BCUT2D eigenvalue weighted by Crippen LogP contribution is 2.40. The van der Waals surface area contributed by atoms with E-state index in [-0.39, 0.29) is 29.4 Å². The third-order valence-electron chi connectivity index (χ3n) is 4.34. The van der Waals surface area contributed by atoms with Crippen molar-refractivity contribution in [1.82, 2.24) is 5.32 Å². The van der Waals surface area contributed by atoms with E-state index in [0.29, 0.717) is 12.1 Å². The molecule has 1 saturated carbocycles. The van der Waals surface area contributed by atoms with E-state index < -0.39 is 0 Å². The Morgan fingerprint density at radius 3 is 2.74 bits per heavy atom. The number of anilines is 1. The summed E-state index contributed by atoms with van der Waals surface area (Å²) in [5, 5.41) is 12.7. The van der Waals surface area contributed by atoms with E-state index in [1.807, 2.05) is 39.0 Å². The summed E-state index contributed by atoms with van der Waals surface area (Å²) in [5.41, 5.74) is 7.06. The molecular formula is C15H22N2O2. The Bertz CT molecular complexity index is 485. The van der Waals surface area contributed by atoms with Crippen LogP contribution in [0.25, 0.3) is 0 Å². The minimum Gasteiger partial charge on any atom is -0.399 e. The number of hydrogen-bond acceptors (Lipinski definition) is 3. The predicted octanol–water partition coefficient (Wildman–Crippen LogP) is 1.65. The van der Waals surface area contributed by atoms with E-state index in [9.17, 15) is 9.90 Å². The topological polar surface area (TPSA) is 75.3 Å². The molecule has 0 bridgehead atoms. The standard InChI is InChI=1S/C15H22N2O2/c1-9(10-5-4-6-11(16)7-10)14(19)17-12-8-13(18)15(12,2)3/h4-7,9,12-13,18H,8,16H2,1-3H3,(H,17,19). The van der Waals surface area contributed by atoms with Crippen LogP contribution in [-0.2, 0) is 4.79 Å². The van der Waals surface area contributed by atoms with Crippen molar-refractivity contribution < 1.29 is 9.90 Å². The van der Waals surface area contributed by atoms with Gasteiger partial charge in [-0.25, -0.2) is 0 Å². The van der Waals surface area contributed by atoms with E-state index in [2.05, 4.69) is 5.32 Å². The first-order valence-corrected chi connectivity index (χ1v) is 6.66. The monoisotopic (exact) mass is 262 g/mol. The van der Waals surface area contributed by atoms with Gasteiger partial charge in [-0.15, -0.1) is 0 Å². The summed E-state index contributed by atoms with van der Waals surface area (Å²) >= 11 is 0. The normalized spacial score (nSPS) is 26.3. The van der Waals surface area contributed by atoms with Crippen molar-refractivity contribution in [3.8, 4) is 0 Å². The molecule has 4 heteroatoms. The second-order valence-corrected chi connectivity index (χ2v) is 6.03. The molecule has 0 saturated heterocycles. The number of nitrogens with two attached hydrogens (primary N) is 1. The maximum absolute atomic E-state index is 12.2. The van der Waals surface area contributed by atoms with Crippen molar-refractivity contribution in [1.29, 1.82) is 0 Å². The van der Waals surface area contributed by atoms with Crippen LogP contribution in [0.15, 0.2) is 24.3 Å². The number of carbonyl (C=O) groups excluding carboxylic acids is 1. The third kappa shape index (κ3) is 2.59. The Morgan fingerprint density at radius 1 is 1.53 bits per heavy atom. The third-order valence-corrected chi connectivity index (χ3v) is 4.34. The maximum atomic E-state index is 12.2. The molecule has 0 radical (unpaired) electrons. The van der Waals surface area contributed by atoms with Crippen molar-refractivity contribution in [2.45, 2.75) is 45.3 Å². The molecule has 4 N–H and O–H groups in total. The molecule has 1 aliphatic rings. The molecule has 0 aliphatic heterocycles. The van der Waals surface area contributed by atoms with E-state index in [0.717, 1.165) is 5.56 Å². The molecule has 1 aromatic carbocycles. The number of aliphatic hydroxyl groups excluding tert-OH is 1. The molecule has 1 aromatic rings. The fourth-order valence-electron chi connectivity index (χ4n) is 2.42. The fraction of sp³-hybridized carbons (Fsp3) is 0.533. The van der Waals surface area contributed by atoms with E-state index in [1.54, 1.807) is 6.07 Å². The van der Waals surface area contributed by atoms with Crippen LogP contribution >= 0.6 is 0 Å². The van der Waals surface area contributed by atoms with E-state index in [1.165, 1.54) is 0 Å². The van der Waals surface area contributed by atoms with Crippen LogP contribution in [-0.4, -0.2) is 23.2 Å². The van der Waals surface area contributed by atoms with Crippen LogP contribution in [0.2, 0.25) is 0 Å². The zero-order valence-corrected chi connectivity index (χ0v) is 11.7. The molecule has 1 fully saturated rings. The number of nitrogen functional groups attached to an aromatic ring is 1. The van der Waals surface area contributed by atoms with Crippen molar-refractivity contribution in [3.63, 3.8) is 0 Å². The van der Waals surface area contributed by atoms with Crippen molar-refractivity contribution >= 4 is 11.6 Å². The molecule has 1 aliphatic carbocycles. The van der Waals surface area contributed by atoms with E-state index >= 15 is 0 Å². The Balaban J connectivity index is 2.01. The molecule has 0 spiro atoms. The summed E-state index contributed by atoms with van der Waals surface area (Å²) in [6.07, 6.45) is 0.294. The Labute approximate surface area is 114 Å². The van der Waals surface area contributed by atoms with Gasteiger partial charge in [0.2, 0.25) is 5.91 Å². The fourth-order valence-corrected chi connectivity index (χ4v) is 2.42. The number of carbonyl (C=O) groups is 1. The minimum absolute atomic E-state index is 0.0180. The highest BCUT2D eigenvalue weighted by molar-refractivity contribution is 5.84. The van der Waals surface area contributed by atoms with Gasteiger partial charge in [0, 0.05) is 17.1 Å². The first kappa shape index (κ1) is 13.9. The molecule has 0 heterocycles. The number of aliphatic hydroxyl groups is 1. The van der Waals surface area contributed by atoms with Gasteiger partial charge in [0.05, 0.1) is 12.0 Å². The lowest BCUT2D eigenvalue weighted by Crippen LogP contribution is -2.61. The van der Waals surface area contributed by atoms with Crippen LogP contribution in [0.1, 0.15) is 38.7 Å². The second-order valence-electron chi connectivity index (χ2n) is 6.03. The summed E-state index contributed by atoms with van der Waals surface area (Å²) in [6, 6.07) is 7.43. The SMILES string of the molecule is CC(C(=O)NC1CC(O)C1(C)C)c1cccc(N)c1. The largest absolute Gasteiger partial charge is 0.399 e. The second kappa shape index (κ2) is 4.85. The number of nitrogens with one attached hydrogen (secondary N) is 1. The predicted molar refractivity (Wildman–Crippen MR) is 75.6 cm³/mol. The molecule has 0 aromatic heterocycles. The van der Waals surface area contributed by atoms with Gasteiger partial charge >= 0.3 is 0 Å². The molecule has 4 nitrogen and oxygen atoms in total. The van der Waals surface area contributed by atoms with Gasteiger partial charge in [0.1, 0.15) is 0 Å². The highest BCUT2D eigenvalue weighted by Gasteiger charge is 2.48. The summed E-state index contributed by atoms with van der Waals surface area (Å²) in [5.74, 6) is -0.257. The zero-order chi connectivity index (χ0) is 14.2. The van der Waals surface area contributed by atoms with Gasteiger partial charge in [-0.2, -0.15) is 0 Å². The van der Waals surface area contributed by atoms with Crippen LogP contribution < -0.4 is 11.1 Å². The minimum atomic E-state index is -0.333. The molecule has 3 atom stereocenters. The van der Waals surface area contributed by atoms with Gasteiger partial charge in [-0.05, 0) is 31.0 Å². The number of rotatable bonds is 3. The first-order valence-electron chi connectivity index (χ1n) is 6.66. The highest BCUT2D eigenvalue weighted by atomic mass is 16.3. The molecule has 19 heavy (non-hydrogen) atoms. The van der Waals surface area contributed by atoms with Gasteiger partial charge < -0.3 is 16.2 Å². The lowest BCUT2D eigenvalue weighted by molar-refractivity contribution is -0.130. The van der Waals surface area contributed by atoms with Gasteiger partial charge in [0.25, 0.3) is 0 Å². The van der Waals surface area contributed by atoms with Crippen molar-refractivity contribution in [3.05, 3.63) is 29.8 Å². The number of benzene rings is 1. The Kier molecular flexibility index (Phi) is 3.54. The Morgan fingerprint density at radius 2 is 2.21 bits per heavy atom. The lowest BCUT2D eigenvalue weighted by Gasteiger charge is -2.49. The van der Waals surface area contributed by atoms with Crippen LogP contribution in [0, 0.1) is 5.41 Å². The summed E-state index contributed by atoms with van der Waals surface area (Å²) < 4.78 is 0. The number of amides is 1. The van der Waals surface area contributed by atoms with Gasteiger partial charge in [0.15, 0.2) is 0 Å². The van der Waals surface area contributed by atoms with Gasteiger partial charge in [-0.1, -0.05) is 26.0 Å². The van der Waals surface area contributed by atoms with Crippen LogP contribution in [0.5, 0.6) is 0 Å². The molecule has 1 amide bonds. The average molecular weight is 262 g/mol. The van der Waals surface area contributed by atoms with Gasteiger partial charge in [-0.3, -0.25) is 4.79 Å². The molecule has 3 unspecified atom stereocenters. The van der Waals surface area contributed by atoms with Crippen LogP contribution in [0.4, 0.5) is 5.69 Å². The smallest absolute Gasteiger partial charge is 0.227 e. The molecule has 104 valence electrons. The number of hydrogen-bond donors (Lipinski definition) is 3. The summed E-state index contributed by atoms with van der Waals surface area (Å²) in [6.45, 7) is 5.81. The zero-order valence-electron chi connectivity index (χ0n) is 11.7. The quantitative estimate of drug-likeness (QED) is 0.725.